The van der Waals surface area contributed by atoms with Gasteiger partial charge in [-0.3, -0.25) is 4.79 Å². The van der Waals surface area contributed by atoms with Gasteiger partial charge in [-0.1, -0.05) is 39.5 Å². The fraction of sp³-hybridized carbons (Fsp3) is 0.882. The van der Waals surface area contributed by atoms with Gasteiger partial charge in [0, 0.05) is 18.7 Å². The SMILES string of the molecule is C=NNC(=O)C(C)(C)CCOC(C)(C)CCC1CCCC1. The van der Waals surface area contributed by atoms with E-state index < -0.39 is 5.41 Å². The molecule has 0 heterocycles. The molecule has 122 valence electrons. The molecule has 0 aromatic rings. The first-order valence-electron chi connectivity index (χ1n) is 8.17. The van der Waals surface area contributed by atoms with Crippen LogP contribution in [0.25, 0.3) is 0 Å². The Morgan fingerprint density at radius 2 is 1.86 bits per heavy atom. The minimum Gasteiger partial charge on any atom is -0.376 e. The second-order valence-electron chi connectivity index (χ2n) is 7.53. The van der Waals surface area contributed by atoms with Crippen molar-refractivity contribution in [2.45, 2.75) is 78.2 Å². The molecule has 0 bridgehead atoms. The van der Waals surface area contributed by atoms with E-state index in [1.54, 1.807) is 0 Å². The molecule has 1 amide bonds. The highest BCUT2D eigenvalue weighted by atomic mass is 16.5. The average molecular weight is 296 g/mol. The maximum atomic E-state index is 11.8. The predicted octanol–water partition coefficient (Wildman–Crippen LogP) is 3.90. The minimum atomic E-state index is -0.483. The number of carbonyl (C=O) groups is 1. The van der Waals surface area contributed by atoms with E-state index in [-0.39, 0.29) is 11.5 Å². The van der Waals surface area contributed by atoms with Gasteiger partial charge in [0.1, 0.15) is 0 Å². The molecular formula is C17H32N2O2. The first kappa shape index (κ1) is 18.1. The topological polar surface area (TPSA) is 50.7 Å². The first-order chi connectivity index (χ1) is 9.77. The molecule has 1 saturated carbocycles. The lowest BCUT2D eigenvalue weighted by Gasteiger charge is -2.29. The van der Waals surface area contributed by atoms with Gasteiger partial charge in [-0.05, 0) is 39.0 Å². The molecule has 4 nitrogen and oxygen atoms in total. The Morgan fingerprint density at radius 1 is 1.24 bits per heavy atom. The van der Waals surface area contributed by atoms with Crippen molar-refractivity contribution in [1.29, 1.82) is 0 Å². The fourth-order valence-electron chi connectivity index (χ4n) is 2.84. The Balaban J connectivity index is 2.28. The summed E-state index contributed by atoms with van der Waals surface area (Å²) in [6.45, 7) is 12.0. The molecule has 21 heavy (non-hydrogen) atoms. The van der Waals surface area contributed by atoms with E-state index in [2.05, 4.69) is 31.1 Å². The Labute approximate surface area is 129 Å². The van der Waals surface area contributed by atoms with Gasteiger partial charge in [-0.15, -0.1) is 0 Å². The van der Waals surface area contributed by atoms with Gasteiger partial charge >= 0.3 is 0 Å². The van der Waals surface area contributed by atoms with E-state index in [1.165, 1.54) is 32.1 Å². The normalized spacial score (nSPS) is 17.0. The Hall–Kier alpha value is -0.900. The molecule has 1 aliphatic carbocycles. The second kappa shape index (κ2) is 7.92. The highest BCUT2D eigenvalue weighted by molar-refractivity contribution is 5.81. The lowest BCUT2D eigenvalue weighted by atomic mass is 9.88. The van der Waals surface area contributed by atoms with Crippen LogP contribution in [0, 0.1) is 11.3 Å². The summed E-state index contributed by atoms with van der Waals surface area (Å²) in [5, 5.41) is 3.44. The largest absolute Gasteiger partial charge is 0.376 e. The van der Waals surface area contributed by atoms with E-state index in [0.717, 1.165) is 12.3 Å². The van der Waals surface area contributed by atoms with E-state index >= 15 is 0 Å². The smallest absolute Gasteiger partial charge is 0.245 e. The number of hydrogen-bond donors (Lipinski definition) is 1. The van der Waals surface area contributed by atoms with Crippen LogP contribution in [0.5, 0.6) is 0 Å². The number of carbonyl (C=O) groups excluding carboxylic acids is 1. The lowest BCUT2D eigenvalue weighted by Crippen LogP contribution is -2.36. The molecule has 1 aliphatic rings. The zero-order valence-electron chi connectivity index (χ0n) is 14.2. The van der Waals surface area contributed by atoms with Crippen molar-refractivity contribution in [2.24, 2.45) is 16.4 Å². The molecule has 0 aromatic carbocycles. The van der Waals surface area contributed by atoms with E-state index in [9.17, 15) is 4.79 Å². The number of ether oxygens (including phenoxy) is 1. The summed E-state index contributed by atoms with van der Waals surface area (Å²) in [4.78, 5) is 11.8. The van der Waals surface area contributed by atoms with Crippen LogP contribution in [0.1, 0.15) is 72.6 Å². The number of nitrogens with zero attached hydrogens (tertiary/aromatic N) is 1. The van der Waals surface area contributed by atoms with Crippen molar-refractivity contribution in [1.82, 2.24) is 5.43 Å². The number of hydrazone groups is 1. The van der Waals surface area contributed by atoms with E-state index in [0.29, 0.717) is 13.0 Å². The summed E-state index contributed by atoms with van der Waals surface area (Å²) in [6.07, 6.45) is 8.60. The van der Waals surface area contributed by atoms with Crippen LogP contribution >= 0.6 is 0 Å². The van der Waals surface area contributed by atoms with E-state index in [1.807, 2.05) is 13.8 Å². The van der Waals surface area contributed by atoms with Crippen LogP contribution in [0.4, 0.5) is 0 Å². The lowest BCUT2D eigenvalue weighted by molar-refractivity contribution is -0.131. The van der Waals surface area contributed by atoms with Crippen molar-refractivity contribution in [3.63, 3.8) is 0 Å². The highest BCUT2D eigenvalue weighted by Crippen LogP contribution is 2.32. The third kappa shape index (κ3) is 6.60. The minimum absolute atomic E-state index is 0.105. The molecule has 1 N–H and O–H groups in total. The zero-order chi connectivity index (χ0) is 15.9. The number of hydrogen-bond acceptors (Lipinski definition) is 3. The van der Waals surface area contributed by atoms with Gasteiger partial charge < -0.3 is 4.74 Å². The van der Waals surface area contributed by atoms with Gasteiger partial charge in [0.2, 0.25) is 5.91 Å². The van der Waals surface area contributed by atoms with Crippen LogP contribution in [0.2, 0.25) is 0 Å². The number of rotatable bonds is 9. The van der Waals surface area contributed by atoms with Gasteiger partial charge in [0.25, 0.3) is 0 Å². The van der Waals surface area contributed by atoms with Gasteiger partial charge in [0.05, 0.1) is 5.60 Å². The summed E-state index contributed by atoms with van der Waals surface area (Å²) < 4.78 is 6.03. The third-order valence-corrected chi connectivity index (χ3v) is 4.64. The maximum absolute atomic E-state index is 11.8. The third-order valence-electron chi connectivity index (χ3n) is 4.64. The number of amides is 1. The molecule has 0 aliphatic heterocycles. The van der Waals surface area contributed by atoms with Gasteiger partial charge in [-0.2, -0.15) is 5.10 Å². The molecule has 0 aromatic heterocycles. The fourth-order valence-corrected chi connectivity index (χ4v) is 2.84. The molecule has 0 atom stereocenters. The van der Waals surface area contributed by atoms with Gasteiger partial charge in [-0.25, -0.2) is 5.43 Å². The summed E-state index contributed by atoms with van der Waals surface area (Å²) in [5.74, 6) is 0.790. The van der Waals surface area contributed by atoms with Crippen LogP contribution in [0.3, 0.4) is 0 Å². The summed E-state index contributed by atoms with van der Waals surface area (Å²) in [6, 6.07) is 0. The molecule has 0 saturated heterocycles. The highest BCUT2D eigenvalue weighted by Gasteiger charge is 2.29. The zero-order valence-corrected chi connectivity index (χ0v) is 14.2. The van der Waals surface area contributed by atoms with Crippen molar-refractivity contribution < 1.29 is 9.53 Å². The summed E-state index contributed by atoms with van der Waals surface area (Å²) in [7, 11) is 0. The van der Waals surface area contributed by atoms with Crippen LogP contribution in [-0.2, 0) is 9.53 Å². The molecular weight excluding hydrogens is 264 g/mol. The van der Waals surface area contributed by atoms with E-state index in [4.69, 9.17) is 4.74 Å². The molecule has 4 heteroatoms. The van der Waals surface area contributed by atoms with Crippen molar-refractivity contribution in [2.75, 3.05) is 6.61 Å². The molecule has 1 fully saturated rings. The van der Waals surface area contributed by atoms with Crippen LogP contribution < -0.4 is 5.43 Å². The number of nitrogens with one attached hydrogen (secondary N) is 1. The second-order valence-corrected chi connectivity index (χ2v) is 7.53. The molecule has 0 spiro atoms. The summed E-state index contributed by atoms with van der Waals surface area (Å²) in [5.41, 5.74) is 1.83. The molecule has 0 radical (unpaired) electrons. The standard InChI is InChI=1S/C17H32N2O2/c1-16(2,15(20)19-18-5)12-13-21-17(3,4)11-10-14-8-6-7-9-14/h14H,5-13H2,1-4H3,(H,19,20). The average Bonchev–Trinajstić information content (AvgIpc) is 2.89. The maximum Gasteiger partial charge on any atom is 0.245 e. The monoisotopic (exact) mass is 296 g/mol. The molecule has 1 rings (SSSR count). The Bertz CT molecular complexity index is 345. The van der Waals surface area contributed by atoms with Crippen LogP contribution in [-0.4, -0.2) is 24.8 Å². The quantitative estimate of drug-likeness (QED) is 0.518. The first-order valence-corrected chi connectivity index (χ1v) is 8.17. The van der Waals surface area contributed by atoms with Crippen LogP contribution in [0.15, 0.2) is 5.10 Å². The Morgan fingerprint density at radius 3 is 2.43 bits per heavy atom. The Kier molecular flexibility index (Phi) is 6.85. The van der Waals surface area contributed by atoms with Crippen molar-refractivity contribution >= 4 is 12.6 Å². The summed E-state index contributed by atoms with van der Waals surface area (Å²) >= 11 is 0. The molecule has 0 unspecified atom stereocenters. The van der Waals surface area contributed by atoms with Gasteiger partial charge in [0.15, 0.2) is 0 Å². The predicted molar refractivity (Wildman–Crippen MR) is 87.3 cm³/mol. The van der Waals surface area contributed by atoms with Crippen molar-refractivity contribution in [3.05, 3.63) is 0 Å². The van der Waals surface area contributed by atoms with Crippen molar-refractivity contribution in [3.8, 4) is 0 Å².